The molecular formula is C57H61B24N5. The van der Waals surface area contributed by atoms with E-state index in [4.69, 9.17) is 15.0 Å². The third-order valence-corrected chi connectivity index (χ3v) is 22.2. The highest BCUT2D eigenvalue weighted by Gasteiger charge is 2.31. The highest BCUT2D eigenvalue weighted by atomic mass is 15.0. The number of fused-ring (bicyclic) bond motifs is 6. The van der Waals surface area contributed by atoms with E-state index in [1.807, 2.05) is 0 Å². The Kier molecular flexibility index (Phi) is 14.9. The number of nitrogens with zero attached hydrogens (tertiary/aromatic N) is 5. The Morgan fingerprint density at radius 2 is 0.430 bits per heavy atom. The van der Waals surface area contributed by atoms with Crippen LogP contribution in [0.25, 0.3) is 111 Å². The lowest BCUT2D eigenvalue weighted by atomic mass is 9.61. The van der Waals surface area contributed by atoms with Crippen LogP contribution in [0.2, 0.25) is 0 Å². The standard InChI is InChI=1S/C57H61B24N5/c58-25-19-21-27(60)33(66)37(70)43(76)51(21)85(53-45(78)39(72)35(68)40(73)46(53)79)49(19)31(64)23(29(25)62)56-82-55(18-12-10-17(11-13-18)16-8-6-15(7-9-16)14-4-2-1-3-5-14)83-57(84-56)24-30(63)26(59)20-22-28(61)34(67)38(71)44(77)52(22)86(50(20)32(24)65)54-47(80)41(74)36(69)42(75)48(54)81/h1-13H,58-81H2. The van der Waals surface area contributed by atoms with Crippen molar-refractivity contribution in [1.29, 1.82) is 0 Å². The summed E-state index contributed by atoms with van der Waals surface area (Å²) in [4.78, 5) is 17.3. The van der Waals surface area contributed by atoms with Gasteiger partial charge in [-0.05, 0) is 43.8 Å². The zero-order valence-electron chi connectivity index (χ0n) is 55.7. The molecular weight excluding hydrogens is 1010 g/mol. The Morgan fingerprint density at radius 1 is 0.198 bits per heavy atom. The quantitative estimate of drug-likeness (QED) is 0.149. The van der Waals surface area contributed by atoms with Gasteiger partial charge in [-0.15, -0.1) is 21.9 Å². The van der Waals surface area contributed by atoms with Gasteiger partial charge >= 0.3 is 0 Å². The molecule has 5 nitrogen and oxygen atoms in total. The van der Waals surface area contributed by atoms with E-state index in [-0.39, 0.29) is 0 Å². The van der Waals surface area contributed by atoms with Gasteiger partial charge in [-0.25, -0.2) is 15.0 Å². The summed E-state index contributed by atoms with van der Waals surface area (Å²) in [6, 6.07) is 28.3. The highest BCUT2D eigenvalue weighted by molar-refractivity contribution is 6.74. The van der Waals surface area contributed by atoms with Gasteiger partial charge in [-0.3, -0.25) is 0 Å². The third kappa shape index (κ3) is 8.52. The molecule has 9 aromatic carbocycles. The lowest BCUT2D eigenvalue weighted by Crippen LogP contribution is -2.56. The lowest BCUT2D eigenvalue weighted by Gasteiger charge is -2.25. The van der Waals surface area contributed by atoms with Crippen LogP contribution < -0.4 is 131 Å². The van der Waals surface area contributed by atoms with Gasteiger partial charge in [0.25, 0.3) is 0 Å². The number of hydrogen-bond donors (Lipinski definition) is 0. The van der Waals surface area contributed by atoms with E-state index in [0.717, 1.165) is 38.7 Å². The maximum atomic E-state index is 5.89. The van der Waals surface area contributed by atoms with Crippen molar-refractivity contribution < 1.29 is 0 Å². The monoisotopic (exact) mass is 1080 g/mol. The molecule has 0 saturated heterocycles. The van der Waals surface area contributed by atoms with E-state index in [1.165, 1.54) is 186 Å². The zero-order valence-corrected chi connectivity index (χ0v) is 55.7. The van der Waals surface area contributed by atoms with Crippen LogP contribution in [0.5, 0.6) is 0 Å². The fourth-order valence-electron chi connectivity index (χ4n) is 15.2. The van der Waals surface area contributed by atoms with Crippen LogP contribution in [-0.2, 0) is 0 Å². The smallest absolute Gasteiger partial charge is 0.164 e. The van der Waals surface area contributed by atoms with Gasteiger partial charge < -0.3 is 9.13 Å². The van der Waals surface area contributed by atoms with Gasteiger partial charge in [0.15, 0.2) is 17.5 Å². The molecule has 12 aromatic rings. The molecule has 0 aliphatic carbocycles. The minimum Gasteiger partial charge on any atom is -0.312 e. The summed E-state index contributed by atoms with van der Waals surface area (Å²) in [6.07, 6.45) is 0. The van der Waals surface area contributed by atoms with E-state index in [1.54, 1.807) is 0 Å². The molecule has 0 aliphatic rings. The van der Waals surface area contributed by atoms with Crippen LogP contribution in [0.4, 0.5) is 0 Å². The summed E-state index contributed by atoms with van der Waals surface area (Å²) in [7, 11) is 55.6. The van der Waals surface area contributed by atoms with Gasteiger partial charge in [-0.2, -0.15) is 0 Å². The molecule has 29 heteroatoms. The van der Waals surface area contributed by atoms with Crippen molar-refractivity contribution in [3.63, 3.8) is 0 Å². The summed E-state index contributed by atoms with van der Waals surface area (Å²) >= 11 is 0. The van der Waals surface area contributed by atoms with Gasteiger partial charge in [0.2, 0.25) is 0 Å². The second-order valence-corrected chi connectivity index (χ2v) is 25.8. The molecule has 0 bridgehead atoms. The van der Waals surface area contributed by atoms with Gasteiger partial charge in [0, 0.05) is 50.1 Å². The summed E-state index contributed by atoms with van der Waals surface area (Å²) in [6.45, 7) is 0. The summed E-state index contributed by atoms with van der Waals surface area (Å²) in [5.74, 6) is 2.01. The van der Waals surface area contributed by atoms with E-state index in [2.05, 4.69) is 276 Å². The zero-order chi connectivity index (χ0) is 61.9. The second kappa shape index (κ2) is 21.5. The molecule has 3 heterocycles. The highest BCUT2D eigenvalue weighted by Crippen LogP contribution is 2.33. The van der Waals surface area contributed by atoms with Crippen LogP contribution in [0.15, 0.2) is 78.9 Å². The lowest BCUT2D eigenvalue weighted by molar-refractivity contribution is 1.08. The molecule has 0 amide bonds. The average molecular weight is 1080 g/mol. The van der Waals surface area contributed by atoms with Crippen LogP contribution >= 0.6 is 0 Å². The molecule has 0 radical (unpaired) electrons. The Labute approximate surface area is 530 Å². The molecule has 0 unspecified atom stereocenters. The van der Waals surface area contributed by atoms with Crippen molar-refractivity contribution in [3.05, 3.63) is 78.9 Å². The van der Waals surface area contributed by atoms with E-state index in [9.17, 15) is 0 Å². The van der Waals surface area contributed by atoms with E-state index >= 15 is 0 Å². The summed E-state index contributed by atoms with van der Waals surface area (Å²) in [5, 5.41) is 5.29. The van der Waals surface area contributed by atoms with E-state index < -0.39 is 0 Å². The number of rotatable bonds is 7. The fraction of sp³-hybridized carbons (Fsp3) is 0. The van der Waals surface area contributed by atoms with E-state index in [0.29, 0.717) is 17.5 Å². The summed E-state index contributed by atoms with van der Waals surface area (Å²) < 4.78 is 5.30. The number of aromatic nitrogens is 5. The number of hydrogen-bond acceptors (Lipinski definition) is 3. The first-order valence-corrected chi connectivity index (χ1v) is 31.0. The first-order chi connectivity index (χ1) is 40.7. The molecule has 86 heavy (non-hydrogen) atoms. The molecule has 3 aromatic heterocycles. The predicted molar refractivity (Wildman–Crippen MR) is 452 cm³/mol. The molecule has 0 fully saturated rings. The van der Waals surface area contributed by atoms with Crippen molar-refractivity contribution in [3.8, 4) is 67.8 Å². The van der Waals surface area contributed by atoms with Crippen molar-refractivity contribution in [2.24, 2.45) is 0 Å². The van der Waals surface area contributed by atoms with Gasteiger partial charge in [0.05, 0.1) is 0 Å². The first kappa shape index (κ1) is 59.5. The largest absolute Gasteiger partial charge is 0.312 e. The van der Waals surface area contributed by atoms with Crippen LogP contribution in [0.1, 0.15) is 0 Å². The molecule has 0 saturated carbocycles. The molecule has 12 rings (SSSR count). The Hall–Kier alpha value is -6.85. The van der Waals surface area contributed by atoms with Crippen LogP contribution in [0.3, 0.4) is 0 Å². The minimum atomic E-state index is 0.647. The fourth-order valence-corrected chi connectivity index (χ4v) is 15.2. The molecule has 0 aliphatic heterocycles. The SMILES string of the molecule is Bc1c(B)c(B)c(-n2c3c(B)c(B)c(B)c(B)c3c3c(B)c(B)c(-c4nc(-c5ccc(-c6ccc(-c7ccccc7)cc6)cc5)nc(-c5c(B)c(B)c6c7c(B)c(B)c(B)c(B)c7n(-c7c(B)c(B)c(B)c(B)c7B)c6c5B)n4)c(B)c32)c(B)c1B. The third-order valence-electron chi connectivity index (χ3n) is 22.2. The first-order valence-electron chi connectivity index (χ1n) is 31.0. The summed E-state index contributed by atoms with van der Waals surface area (Å²) in [5.41, 5.74) is 46.5. The van der Waals surface area contributed by atoms with Crippen molar-refractivity contribution in [2.45, 2.75) is 0 Å². The second-order valence-electron chi connectivity index (χ2n) is 25.8. The Morgan fingerprint density at radius 3 is 0.756 bits per heavy atom. The van der Waals surface area contributed by atoms with Crippen molar-refractivity contribution in [1.82, 2.24) is 24.1 Å². The Bertz CT molecular complexity index is 4720. The normalized spacial score (nSPS) is 11.7. The topological polar surface area (TPSA) is 48.5 Å². The van der Waals surface area contributed by atoms with Crippen molar-refractivity contribution >= 4 is 363 Å². The molecule has 386 valence electrons. The number of benzene rings is 9. The predicted octanol–water partition coefficient (Wildman–Crippen LogP) is -27.4. The van der Waals surface area contributed by atoms with Crippen molar-refractivity contribution in [2.75, 3.05) is 0 Å². The maximum absolute atomic E-state index is 5.89. The average Bonchev–Trinajstić information content (AvgIpc) is 1.55. The van der Waals surface area contributed by atoms with Crippen LogP contribution in [0, 0.1) is 0 Å². The molecule has 0 atom stereocenters. The maximum Gasteiger partial charge on any atom is 0.164 e. The Balaban J connectivity index is 1.21. The van der Waals surface area contributed by atoms with Gasteiger partial charge in [-0.1, -0.05) is 188 Å². The molecule has 0 N–H and O–H groups in total. The van der Waals surface area contributed by atoms with Gasteiger partial charge in [0.1, 0.15) is 188 Å². The van der Waals surface area contributed by atoms with Crippen LogP contribution in [-0.4, -0.2) is 212 Å². The minimum absolute atomic E-state index is 0.647. The molecule has 0 spiro atoms.